The molecule has 1 unspecified atom stereocenters. The van der Waals surface area contributed by atoms with Gasteiger partial charge in [-0.05, 0) is 106 Å². The number of hydrogen-bond donors (Lipinski definition) is 1. The molecule has 0 aliphatic heterocycles. The molecule has 174 valence electrons. The van der Waals surface area contributed by atoms with Crippen molar-refractivity contribution >= 4 is 22.0 Å². The third kappa shape index (κ3) is 7.27. The first-order chi connectivity index (χ1) is 15.2. The van der Waals surface area contributed by atoms with Gasteiger partial charge in [0.15, 0.2) is 0 Å². The Hall–Kier alpha value is -1.99. The third-order valence-corrected chi connectivity index (χ3v) is 6.09. The molecule has 1 atom stereocenters. The van der Waals surface area contributed by atoms with Crippen molar-refractivity contribution in [1.82, 2.24) is 20.2 Å². The van der Waals surface area contributed by atoms with Crippen LogP contribution in [-0.2, 0) is 17.7 Å². The average Bonchev–Trinajstić information content (AvgIpc) is 2.72. The van der Waals surface area contributed by atoms with Gasteiger partial charge in [0.2, 0.25) is 0 Å². The Bertz CT molecular complexity index is 913. The van der Waals surface area contributed by atoms with Crippen LogP contribution in [0.25, 0.3) is 0 Å². The van der Waals surface area contributed by atoms with E-state index in [0.29, 0.717) is 12.6 Å². The van der Waals surface area contributed by atoms with Crippen molar-refractivity contribution in [2.45, 2.75) is 78.0 Å². The smallest absolute Gasteiger partial charge is 0.407 e. The van der Waals surface area contributed by atoms with E-state index in [1.54, 1.807) is 0 Å². The van der Waals surface area contributed by atoms with E-state index < -0.39 is 5.60 Å². The maximum absolute atomic E-state index is 11.9. The number of fused-ring (bicyclic) bond motifs is 1. The molecule has 0 bridgehead atoms. The lowest BCUT2D eigenvalue weighted by atomic mass is 9.90. The number of hydrogen-bond acceptors (Lipinski definition) is 5. The summed E-state index contributed by atoms with van der Waals surface area (Å²) in [6, 6.07) is 6.66. The maximum Gasteiger partial charge on any atom is 0.407 e. The maximum atomic E-state index is 11.9. The van der Waals surface area contributed by atoms with Crippen molar-refractivity contribution in [3.63, 3.8) is 0 Å². The first kappa shape index (κ1) is 24.6. The normalized spacial score (nSPS) is 16.0. The summed E-state index contributed by atoms with van der Waals surface area (Å²) in [4.78, 5) is 23.8. The molecule has 0 saturated carbocycles. The van der Waals surface area contributed by atoms with Crippen LogP contribution in [0.5, 0.6) is 0 Å². The molecule has 2 heterocycles. The Morgan fingerprint density at radius 3 is 2.88 bits per heavy atom. The number of rotatable bonds is 8. The van der Waals surface area contributed by atoms with E-state index in [2.05, 4.69) is 50.2 Å². The van der Waals surface area contributed by atoms with Gasteiger partial charge in [0.25, 0.3) is 0 Å². The molecule has 1 aliphatic carbocycles. The SMILES string of the molecule is Cc1cc(Br)cnc1CN(CCCCNC(=O)OC(C)(C)C)C1CCCc2cccnc21. The predicted molar refractivity (Wildman–Crippen MR) is 130 cm³/mol. The fraction of sp³-hybridized carbons (Fsp3) is 0.560. The van der Waals surface area contributed by atoms with Gasteiger partial charge in [-0.2, -0.15) is 0 Å². The number of nitrogens with one attached hydrogen (secondary N) is 1. The Labute approximate surface area is 200 Å². The number of carbonyl (C=O) groups excluding carboxylic acids is 1. The fourth-order valence-electron chi connectivity index (χ4n) is 4.16. The van der Waals surface area contributed by atoms with Gasteiger partial charge in [-0.15, -0.1) is 0 Å². The van der Waals surface area contributed by atoms with E-state index in [9.17, 15) is 4.79 Å². The van der Waals surface area contributed by atoms with Crippen molar-refractivity contribution in [3.05, 3.63) is 57.6 Å². The molecule has 3 rings (SSSR count). The number of alkyl carbamates (subject to hydrolysis) is 1. The number of aryl methyl sites for hydroxylation is 2. The molecule has 0 aromatic carbocycles. The van der Waals surface area contributed by atoms with Crippen LogP contribution in [0.15, 0.2) is 35.1 Å². The van der Waals surface area contributed by atoms with Crippen LogP contribution in [0.2, 0.25) is 0 Å². The van der Waals surface area contributed by atoms with E-state index in [1.165, 1.54) is 23.2 Å². The van der Waals surface area contributed by atoms with Crippen LogP contribution in [0.3, 0.4) is 0 Å². The summed E-state index contributed by atoms with van der Waals surface area (Å²) < 4.78 is 6.32. The van der Waals surface area contributed by atoms with E-state index in [-0.39, 0.29) is 6.09 Å². The van der Waals surface area contributed by atoms with E-state index in [1.807, 2.05) is 39.2 Å². The summed E-state index contributed by atoms with van der Waals surface area (Å²) in [5, 5.41) is 2.86. The van der Waals surface area contributed by atoms with Crippen molar-refractivity contribution in [2.24, 2.45) is 0 Å². The minimum atomic E-state index is -0.474. The van der Waals surface area contributed by atoms with Crippen molar-refractivity contribution < 1.29 is 9.53 Å². The van der Waals surface area contributed by atoms with E-state index in [4.69, 9.17) is 9.72 Å². The molecule has 1 aliphatic rings. The Morgan fingerprint density at radius 2 is 2.12 bits per heavy atom. The van der Waals surface area contributed by atoms with Gasteiger partial charge >= 0.3 is 6.09 Å². The molecule has 2 aromatic heterocycles. The highest BCUT2D eigenvalue weighted by molar-refractivity contribution is 9.10. The summed E-state index contributed by atoms with van der Waals surface area (Å²) in [6.07, 6.45) is 8.68. The van der Waals surface area contributed by atoms with Gasteiger partial charge in [-0.3, -0.25) is 14.9 Å². The molecule has 7 heteroatoms. The zero-order valence-electron chi connectivity index (χ0n) is 19.7. The van der Waals surface area contributed by atoms with Crippen LogP contribution < -0.4 is 5.32 Å². The number of nitrogens with zero attached hydrogens (tertiary/aromatic N) is 3. The molecule has 32 heavy (non-hydrogen) atoms. The first-order valence-corrected chi connectivity index (χ1v) is 12.3. The summed E-state index contributed by atoms with van der Waals surface area (Å²) in [6.45, 7) is 10.1. The molecule has 1 amide bonds. The predicted octanol–water partition coefficient (Wildman–Crippen LogP) is 5.73. The van der Waals surface area contributed by atoms with Crippen molar-refractivity contribution in [1.29, 1.82) is 0 Å². The zero-order chi connectivity index (χ0) is 23.1. The number of pyridine rings is 2. The lowest BCUT2D eigenvalue weighted by Gasteiger charge is -2.35. The fourth-order valence-corrected chi connectivity index (χ4v) is 4.60. The lowest BCUT2D eigenvalue weighted by molar-refractivity contribution is 0.0526. The number of carbonyl (C=O) groups is 1. The average molecular weight is 503 g/mol. The van der Waals surface area contributed by atoms with E-state index >= 15 is 0 Å². The summed E-state index contributed by atoms with van der Waals surface area (Å²) in [5.74, 6) is 0. The summed E-state index contributed by atoms with van der Waals surface area (Å²) >= 11 is 3.52. The van der Waals surface area contributed by atoms with Crippen LogP contribution in [0.4, 0.5) is 4.79 Å². The third-order valence-electron chi connectivity index (χ3n) is 5.65. The van der Waals surface area contributed by atoms with Crippen molar-refractivity contribution in [2.75, 3.05) is 13.1 Å². The quantitative estimate of drug-likeness (QED) is 0.466. The highest BCUT2D eigenvalue weighted by Gasteiger charge is 2.27. The van der Waals surface area contributed by atoms with Gasteiger partial charge in [0.05, 0.1) is 17.4 Å². The highest BCUT2D eigenvalue weighted by Crippen LogP contribution is 2.34. The summed E-state index contributed by atoms with van der Waals surface area (Å²) in [7, 11) is 0. The topological polar surface area (TPSA) is 67.4 Å². The Kier molecular flexibility index (Phi) is 8.65. The van der Waals surface area contributed by atoms with Gasteiger partial charge in [-0.1, -0.05) is 6.07 Å². The zero-order valence-corrected chi connectivity index (χ0v) is 21.2. The van der Waals surface area contributed by atoms with Gasteiger partial charge in [0, 0.05) is 30.0 Å². The number of ether oxygens (including phenoxy) is 1. The first-order valence-electron chi connectivity index (χ1n) is 11.5. The molecular weight excluding hydrogens is 468 g/mol. The Morgan fingerprint density at radius 1 is 1.31 bits per heavy atom. The van der Waals surface area contributed by atoms with Crippen LogP contribution in [0, 0.1) is 6.92 Å². The van der Waals surface area contributed by atoms with Crippen LogP contribution >= 0.6 is 15.9 Å². The van der Waals surface area contributed by atoms with Crippen LogP contribution in [-0.4, -0.2) is 39.7 Å². The molecule has 6 nitrogen and oxygen atoms in total. The number of aromatic nitrogens is 2. The standard InChI is InChI=1S/C25H35BrN4O2/c1-18-15-20(26)16-29-21(18)17-30(14-6-5-12-28-24(31)32-25(2,3)4)22-11-7-9-19-10-8-13-27-23(19)22/h8,10,13,15-16,22H,5-7,9,11-12,14,17H2,1-4H3,(H,28,31). The second-order valence-electron chi connectivity index (χ2n) is 9.48. The second-order valence-corrected chi connectivity index (χ2v) is 10.4. The summed E-state index contributed by atoms with van der Waals surface area (Å²) in [5.41, 5.74) is 4.38. The van der Waals surface area contributed by atoms with Crippen LogP contribution in [0.1, 0.15) is 75.0 Å². The number of amides is 1. The van der Waals surface area contributed by atoms with E-state index in [0.717, 1.165) is 48.9 Å². The van der Waals surface area contributed by atoms with Gasteiger partial charge in [0.1, 0.15) is 5.60 Å². The minimum Gasteiger partial charge on any atom is -0.444 e. The van der Waals surface area contributed by atoms with Gasteiger partial charge < -0.3 is 10.1 Å². The number of unbranched alkanes of at least 4 members (excludes halogenated alkanes) is 1. The molecule has 0 fully saturated rings. The molecule has 0 spiro atoms. The second kappa shape index (κ2) is 11.2. The molecule has 0 radical (unpaired) electrons. The highest BCUT2D eigenvalue weighted by atomic mass is 79.9. The molecular formula is C25H35BrN4O2. The molecule has 1 N–H and O–H groups in total. The van der Waals surface area contributed by atoms with Crippen molar-refractivity contribution in [3.8, 4) is 0 Å². The number of halogens is 1. The molecule has 2 aromatic rings. The minimum absolute atomic E-state index is 0.295. The Balaban J connectivity index is 1.65. The largest absolute Gasteiger partial charge is 0.444 e. The lowest BCUT2D eigenvalue weighted by Crippen LogP contribution is -2.34. The monoisotopic (exact) mass is 502 g/mol. The molecule has 0 saturated heterocycles. The van der Waals surface area contributed by atoms with Gasteiger partial charge in [-0.25, -0.2) is 4.79 Å².